The Balaban J connectivity index is 1.56. The smallest absolute Gasteiger partial charge is 0.239 e. The van der Waals surface area contributed by atoms with Crippen molar-refractivity contribution in [1.82, 2.24) is 0 Å². The average molecular weight is 588 g/mol. The van der Waals surface area contributed by atoms with Crippen LogP contribution in [0.5, 0.6) is 5.75 Å². The highest BCUT2D eigenvalue weighted by Gasteiger charge is 2.82. The Morgan fingerprint density at radius 1 is 0.511 bits per heavy atom. The molecule has 1 aliphatic heterocycles. The number of hydrogen-bond acceptors (Lipinski definition) is 4. The van der Waals surface area contributed by atoms with Gasteiger partial charge in [0, 0.05) is 0 Å². The Bertz CT molecular complexity index is 1880. The molecule has 1 saturated heterocycles. The molecule has 5 nitrogen and oxygen atoms in total. The minimum Gasteiger partial charge on any atom is -0.495 e. The molecule has 45 heavy (non-hydrogen) atoms. The van der Waals surface area contributed by atoms with Crippen molar-refractivity contribution in [2.75, 3.05) is 12.0 Å². The second-order valence-corrected chi connectivity index (χ2v) is 11.8. The van der Waals surface area contributed by atoms with Crippen molar-refractivity contribution in [1.29, 1.82) is 0 Å². The highest BCUT2D eigenvalue weighted by molar-refractivity contribution is 6.39. The lowest BCUT2D eigenvalue weighted by Gasteiger charge is -2.39. The second-order valence-electron chi connectivity index (χ2n) is 11.8. The van der Waals surface area contributed by atoms with E-state index in [4.69, 9.17) is 4.74 Å². The quantitative estimate of drug-likeness (QED) is 0.203. The van der Waals surface area contributed by atoms with Crippen LogP contribution in [0.15, 0.2) is 146 Å². The summed E-state index contributed by atoms with van der Waals surface area (Å²) in [4.78, 5) is 47.2. The normalized spacial score (nSPS) is 25.2. The van der Waals surface area contributed by atoms with Crippen molar-refractivity contribution >= 4 is 34.4 Å². The predicted molar refractivity (Wildman–Crippen MR) is 173 cm³/mol. The highest BCUT2D eigenvalue weighted by Crippen LogP contribution is 2.74. The summed E-state index contributed by atoms with van der Waals surface area (Å²) in [5, 5.41) is 0. The average Bonchev–Trinajstić information content (AvgIpc) is 3.61. The van der Waals surface area contributed by atoms with Crippen molar-refractivity contribution in [2.24, 2.45) is 11.8 Å². The third-order valence-corrected chi connectivity index (χ3v) is 9.90. The molecule has 8 rings (SSSR count). The van der Waals surface area contributed by atoms with Gasteiger partial charge in [0.05, 0.1) is 35.5 Å². The number of carbonyl (C=O) groups excluding carboxylic acids is 3. The first-order valence-electron chi connectivity index (χ1n) is 15.1. The topological polar surface area (TPSA) is 63.7 Å². The molecule has 2 bridgehead atoms. The molecule has 1 saturated carbocycles. The molecule has 3 aliphatic rings. The Morgan fingerprint density at radius 2 is 0.889 bits per heavy atom. The zero-order valence-electron chi connectivity index (χ0n) is 24.6. The first-order valence-corrected chi connectivity index (χ1v) is 15.1. The van der Waals surface area contributed by atoms with Crippen molar-refractivity contribution in [3.05, 3.63) is 168 Å². The van der Waals surface area contributed by atoms with Gasteiger partial charge in [-0.15, -0.1) is 0 Å². The molecule has 2 aliphatic carbocycles. The van der Waals surface area contributed by atoms with Gasteiger partial charge in [-0.3, -0.25) is 14.4 Å². The number of carbonyl (C=O) groups is 3. The summed E-state index contributed by atoms with van der Waals surface area (Å²) in [6.45, 7) is 0. The van der Waals surface area contributed by atoms with E-state index in [1.165, 1.54) is 12.0 Å². The van der Waals surface area contributed by atoms with Gasteiger partial charge in [0.15, 0.2) is 5.78 Å². The fraction of sp³-hybridized carbons (Fsp3) is 0.125. The summed E-state index contributed by atoms with van der Waals surface area (Å²) in [7, 11) is 1.53. The van der Waals surface area contributed by atoms with Crippen LogP contribution in [0.4, 0.5) is 5.69 Å². The molecule has 4 atom stereocenters. The monoisotopic (exact) mass is 587 g/mol. The van der Waals surface area contributed by atoms with E-state index in [0.29, 0.717) is 22.6 Å². The Labute approximate surface area is 261 Å². The summed E-state index contributed by atoms with van der Waals surface area (Å²) in [6, 6.07) is 45.9. The van der Waals surface area contributed by atoms with E-state index in [-0.39, 0.29) is 5.78 Å². The number of amides is 2. The number of Topliss-reactive ketones (excluding diaryl/α,β-unsaturated/α-hetero) is 1. The van der Waals surface area contributed by atoms with Crippen LogP contribution in [0.1, 0.15) is 22.3 Å². The van der Waals surface area contributed by atoms with E-state index in [1.807, 2.05) is 121 Å². The largest absolute Gasteiger partial charge is 0.495 e. The zero-order valence-corrected chi connectivity index (χ0v) is 24.6. The van der Waals surface area contributed by atoms with Gasteiger partial charge in [-0.05, 0) is 45.5 Å². The predicted octanol–water partition coefficient (Wildman–Crippen LogP) is 6.88. The number of methoxy groups -OCH3 is 1. The Kier molecular flexibility index (Phi) is 6.00. The van der Waals surface area contributed by atoms with Crippen LogP contribution >= 0.6 is 0 Å². The molecule has 5 aromatic rings. The first-order chi connectivity index (χ1) is 22.1. The van der Waals surface area contributed by atoms with E-state index >= 15 is 14.4 Å². The molecule has 5 heteroatoms. The van der Waals surface area contributed by atoms with Gasteiger partial charge < -0.3 is 4.74 Å². The van der Waals surface area contributed by atoms with Crippen LogP contribution < -0.4 is 9.64 Å². The minimum absolute atomic E-state index is 0.138. The lowest BCUT2D eigenvalue weighted by atomic mass is 9.59. The SMILES string of the molecule is COc1ccccc1N1C(=O)C2C(C1=O)C1(c3ccccc3)C(=O)C2(c2ccccc2)C(c2ccccc2)=C1c1ccccc1. The molecular weight excluding hydrogens is 558 g/mol. The third kappa shape index (κ3) is 3.35. The third-order valence-electron chi connectivity index (χ3n) is 9.90. The van der Waals surface area contributed by atoms with Gasteiger partial charge in [-0.2, -0.15) is 0 Å². The fourth-order valence-electron chi connectivity index (χ4n) is 8.39. The number of ketones is 1. The van der Waals surface area contributed by atoms with Crippen molar-refractivity contribution in [2.45, 2.75) is 10.8 Å². The van der Waals surface area contributed by atoms with Gasteiger partial charge in [0.2, 0.25) is 11.8 Å². The number of fused-ring (bicyclic) bond motifs is 5. The standard InChI is InChI=1S/C40H29NO4/c1-45-31-25-15-14-24-30(31)41-36(42)34-35(37(41)43)40(29-22-12-5-13-23-29)33(27-18-8-3-9-19-27)32(26-16-6-2-7-17-26)39(34,38(40)44)28-20-10-4-11-21-28/h2-25,34-35H,1H3. The molecular formula is C40H29NO4. The van der Waals surface area contributed by atoms with Crippen LogP contribution in [-0.4, -0.2) is 24.7 Å². The van der Waals surface area contributed by atoms with Crippen LogP contribution in [0.3, 0.4) is 0 Å². The number of hydrogen-bond donors (Lipinski definition) is 0. The van der Waals surface area contributed by atoms with Gasteiger partial charge >= 0.3 is 0 Å². The summed E-state index contributed by atoms with van der Waals surface area (Å²) >= 11 is 0. The maximum absolute atomic E-state index is 15.9. The number of benzene rings is 5. The number of allylic oxidation sites excluding steroid dienone is 2. The zero-order chi connectivity index (χ0) is 30.8. The maximum Gasteiger partial charge on any atom is 0.239 e. The molecule has 218 valence electrons. The van der Waals surface area contributed by atoms with Crippen LogP contribution in [0, 0.1) is 11.8 Å². The number of para-hydroxylation sites is 2. The number of rotatable bonds is 6. The van der Waals surface area contributed by atoms with E-state index in [1.54, 1.807) is 24.3 Å². The molecule has 0 spiro atoms. The molecule has 0 radical (unpaired) electrons. The van der Waals surface area contributed by atoms with E-state index < -0.39 is 34.5 Å². The molecule has 5 aromatic carbocycles. The lowest BCUT2D eigenvalue weighted by molar-refractivity contribution is -0.130. The number of ether oxygens (including phenoxy) is 1. The van der Waals surface area contributed by atoms with E-state index in [2.05, 4.69) is 0 Å². The minimum atomic E-state index is -1.43. The molecule has 4 unspecified atom stereocenters. The Hall–Kier alpha value is -5.55. The summed E-state index contributed by atoms with van der Waals surface area (Å²) in [5.74, 6) is -2.48. The van der Waals surface area contributed by atoms with Crippen LogP contribution in [0.2, 0.25) is 0 Å². The summed E-state index contributed by atoms with van der Waals surface area (Å²) < 4.78 is 5.64. The fourth-order valence-corrected chi connectivity index (χ4v) is 8.39. The van der Waals surface area contributed by atoms with Gasteiger partial charge in [0.25, 0.3) is 0 Å². The Morgan fingerprint density at radius 3 is 1.31 bits per heavy atom. The number of anilines is 1. The van der Waals surface area contributed by atoms with Gasteiger partial charge in [0.1, 0.15) is 5.75 Å². The second kappa shape index (κ2) is 10.00. The van der Waals surface area contributed by atoms with Crippen molar-refractivity contribution < 1.29 is 19.1 Å². The van der Waals surface area contributed by atoms with Crippen molar-refractivity contribution in [3.8, 4) is 5.75 Å². The van der Waals surface area contributed by atoms with Crippen molar-refractivity contribution in [3.63, 3.8) is 0 Å². The summed E-state index contributed by atoms with van der Waals surface area (Å²) in [6.07, 6.45) is 0. The van der Waals surface area contributed by atoms with Crippen LogP contribution in [-0.2, 0) is 25.2 Å². The molecule has 2 fully saturated rings. The number of imide groups is 1. The highest BCUT2D eigenvalue weighted by atomic mass is 16.5. The van der Waals surface area contributed by atoms with Gasteiger partial charge in [-0.25, -0.2) is 4.90 Å². The number of nitrogens with zero attached hydrogens (tertiary/aromatic N) is 1. The van der Waals surface area contributed by atoms with E-state index in [0.717, 1.165) is 22.3 Å². The van der Waals surface area contributed by atoms with Gasteiger partial charge in [-0.1, -0.05) is 133 Å². The summed E-state index contributed by atoms with van der Waals surface area (Å²) in [5.41, 5.74) is 2.17. The maximum atomic E-state index is 15.9. The molecule has 0 N–H and O–H groups in total. The molecule has 2 amide bonds. The first kappa shape index (κ1) is 27.0. The van der Waals surface area contributed by atoms with Crippen LogP contribution in [0.25, 0.3) is 11.1 Å². The lowest BCUT2D eigenvalue weighted by Crippen LogP contribution is -2.45. The molecule has 0 aromatic heterocycles. The van der Waals surface area contributed by atoms with E-state index in [9.17, 15) is 0 Å². The molecule has 1 heterocycles.